The number of rotatable bonds is 10. The molecule has 0 amide bonds. The highest BCUT2D eigenvalue weighted by atomic mass is 32.2. The lowest BCUT2D eigenvalue weighted by Gasteiger charge is -2.43. The number of aryl methyl sites for hydroxylation is 1. The normalized spacial score (nSPS) is 15.1. The predicted octanol–water partition coefficient (Wildman–Crippen LogP) is 10.9. The molecule has 1 atom stereocenters. The van der Waals surface area contributed by atoms with Crippen LogP contribution in [0.4, 0.5) is 0 Å². The summed E-state index contributed by atoms with van der Waals surface area (Å²) in [7, 11) is 0. The Balaban J connectivity index is 2.39. The zero-order valence-electron chi connectivity index (χ0n) is 23.1. The number of hydrogen-bond acceptors (Lipinski definition) is 3. The van der Waals surface area contributed by atoms with E-state index in [-0.39, 0.29) is 21.7 Å². The maximum absolute atomic E-state index is 4.59. The van der Waals surface area contributed by atoms with Gasteiger partial charge < -0.3 is 0 Å². The standard InChI is InChI=1S/C30H46S3/c1-14-20(3)23(15-2)32-22(5)27(6,7)28(8,9)24-16-17-25(33-24)29(10,11)30(12,13)26-21(4)18-19-31-26/h15-20H,5,14H2,1-4,6-13H3/b23-15-. The first-order valence-electron chi connectivity index (χ1n) is 12.2. The van der Waals surface area contributed by atoms with Gasteiger partial charge in [-0.1, -0.05) is 93.7 Å². The van der Waals surface area contributed by atoms with Crippen LogP contribution in [0.5, 0.6) is 0 Å². The third-order valence-electron chi connectivity index (χ3n) is 8.71. The summed E-state index contributed by atoms with van der Waals surface area (Å²) in [5.74, 6) is 0.577. The summed E-state index contributed by atoms with van der Waals surface area (Å²) in [5, 5.41) is 2.23. The highest BCUT2D eigenvalue weighted by Gasteiger charge is 2.45. The molecule has 0 radical (unpaired) electrons. The highest BCUT2D eigenvalue weighted by Crippen LogP contribution is 2.55. The van der Waals surface area contributed by atoms with E-state index in [2.05, 4.69) is 119 Å². The molecule has 0 aliphatic heterocycles. The van der Waals surface area contributed by atoms with Gasteiger partial charge in [-0.2, -0.15) is 0 Å². The molecule has 0 nitrogen and oxygen atoms in total. The fraction of sp³-hybridized carbons (Fsp3) is 0.600. The first-order valence-corrected chi connectivity index (χ1v) is 14.8. The number of hydrogen-bond donors (Lipinski definition) is 0. The summed E-state index contributed by atoms with van der Waals surface area (Å²) in [5.41, 5.74) is 1.43. The van der Waals surface area contributed by atoms with Crippen LogP contribution in [0.3, 0.4) is 0 Å². The van der Waals surface area contributed by atoms with Crippen LogP contribution in [0.2, 0.25) is 0 Å². The molecule has 2 aromatic heterocycles. The fourth-order valence-electron chi connectivity index (χ4n) is 4.19. The monoisotopic (exact) mass is 502 g/mol. The smallest absolute Gasteiger partial charge is 0.0140 e. The van der Waals surface area contributed by atoms with Crippen LogP contribution in [0, 0.1) is 18.3 Å². The van der Waals surface area contributed by atoms with Crippen molar-refractivity contribution in [1.82, 2.24) is 0 Å². The van der Waals surface area contributed by atoms with Crippen molar-refractivity contribution in [1.29, 1.82) is 0 Å². The summed E-state index contributed by atoms with van der Waals surface area (Å²) in [6.45, 7) is 32.8. The van der Waals surface area contributed by atoms with Crippen molar-refractivity contribution < 1.29 is 0 Å². The van der Waals surface area contributed by atoms with Crippen molar-refractivity contribution >= 4 is 34.4 Å². The molecule has 3 heteroatoms. The number of thioether (sulfide) groups is 1. The van der Waals surface area contributed by atoms with Crippen LogP contribution in [0.1, 0.15) is 103 Å². The van der Waals surface area contributed by atoms with Gasteiger partial charge in [0.05, 0.1) is 0 Å². The Bertz CT molecular complexity index is 991. The Morgan fingerprint density at radius 2 is 1.52 bits per heavy atom. The molecule has 0 aliphatic rings. The van der Waals surface area contributed by atoms with Gasteiger partial charge in [-0.3, -0.25) is 0 Å². The predicted molar refractivity (Wildman–Crippen MR) is 156 cm³/mol. The second-order valence-corrected chi connectivity index (χ2v) is 14.8. The maximum atomic E-state index is 4.59. The van der Waals surface area contributed by atoms with E-state index in [1.165, 1.54) is 30.0 Å². The molecule has 0 aromatic carbocycles. The summed E-state index contributed by atoms with van der Waals surface area (Å²) >= 11 is 5.79. The molecule has 0 N–H and O–H groups in total. The van der Waals surface area contributed by atoms with E-state index < -0.39 is 0 Å². The second kappa shape index (κ2) is 10.1. The molecule has 33 heavy (non-hydrogen) atoms. The van der Waals surface area contributed by atoms with Crippen LogP contribution >= 0.6 is 34.4 Å². The molecular formula is C30H46S3. The summed E-state index contributed by atoms with van der Waals surface area (Å²) in [4.78, 5) is 7.10. The van der Waals surface area contributed by atoms with Gasteiger partial charge in [0.1, 0.15) is 0 Å². The number of thiophene rings is 2. The van der Waals surface area contributed by atoms with Crippen LogP contribution in [-0.4, -0.2) is 0 Å². The first kappa shape index (κ1) is 28.5. The van der Waals surface area contributed by atoms with Crippen LogP contribution in [-0.2, 0) is 16.2 Å². The second-order valence-electron chi connectivity index (χ2n) is 11.6. The van der Waals surface area contributed by atoms with E-state index in [9.17, 15) is 0 Å². The molecule has 0 saturated heterocycles. The fourth-order valence-corrected chi connectivity index (χ4v) is 8.21. The van der Waals surface area contributed by atoms with Gasteiger partial charge in [0.2, 0.25) is 0 Å². The van der Waals surface area contributed by atoms with Crippen molar-refractivity contribution in [2.24, 2.45) is 11.3 Å². The van der Waals surface area contributed by atoms with Crippen LogP contribution in [0.15, 0.2) is 46.0 Å². The minimum atomic E-state index is -0.0501. The Morgan fingerprint density at radius 1 is 0.970 bits per heavy atom. The topological polar surface area (TPSA) is 0 Å². The highest BCUT2D eigenvalue weighted by molar-refractivity contribution is 8.06. The molecule has 0 bridgehead atoms. The molecule has 0 aliphatic carbocycles. The summed E-state index contributed by atoms with van der Waals surface area (Å²) < 4.78 is 0. The van der Waals surface area contributed by atoms with Gasteiger partial charge in [0.25, 0.3) is 0 Å². The van der Waals surface area contributed by atoms with Crippen molar-refractivity contribution in [3.05, 3.63) is 66.2 Å². The molecule has 1 unspecified atom stereocenters. The van der Waals surface area contributed by atoms with E-state index in [0.717, 1.165) is 6.42 Å². The van der Waals surface area contributed by atoms with Gasteiger partial charge in [0.15, 0.2) is 0 Å². The molecule has 184 valence electrons. The Kier molecular flexibility index (Phi) is 8.69. The molecule has 2 rings (SSSR count). The number of allylic oxidation sites excluding steroid dienone is 3. The van der Waals surface area contributed by atoms with Crippen molar-refractivity contribution in [3.8, 4) is 0 Å². The molecule has 2 aromatic rings. The average molecular weight is 503 g/mol. The third-order valence-corrected chi connectivity index (χ3v) is 13.4. The lowest BCUT2D eigenvalue weighted by Crippen LogP contribution is -2.39. The van der Waals surface area contributed by atoms with Crippen molar-refractivity contribution in [3.63, 3.8) is 0 Å². The summed E-state index contributed by atoms with van der Waals surface area (Å²) in [6.07, 6.45) is 3.43. The van der Waals surface area contributed by atoms with E-state index >= 15 is 0 Å². The van der Waals surface area contributed by atoms with Gasteiger partial charge >= 0.3 is 0 Å². The van der Waals surface area contributed by atoms with E-state index in [1.807, 2.05) is 34.4 Å². The van der Waals surface area contributed by atoms with Crippen LogP contribution in [0.25, 0.3) is 0 Å². The lowest BCUT2D eigenvalue weighted by molar-refractivity contribution is 0.268. The van der Waals surface area contributed by atoms with Gasteiger partial charge in [-0.25, -0.2) is 0 Å². The van der Waals surface area contributed by atoms with Gasteiger partial charge in [0, 0.05) is 36.3 Å². The lowest BCUT2D eigenvalue weighted by atomic mass is 9.65. The minimum absolute atomic E-state index is 0.0205. The summed E-state index contributed by atoms with van der Waals surface area (Å²) in [6, 6.07) is 7.02. The average Bonchev–Trinajstić information content (AvgIpc) is 3.40. The minimum Gasteiger partial charge on any atom is -0.148 e. The van der Waals surface area contributed by atoms with Gasteiger partial charge in [-0.05, 0) is 65.1 Å². The van der Waals surface area contributed by atoms with Crippen LogP contribution < -0.4 is 0 Å². The zero-order chi connectivity index (χ0) is 25.4. The molecule has 0 fully saturated rings. The Morgan fingerprint density at radius 3 is 1.97 bits per heavy atom. The molecule has 2 heterocycles. The van der Waals surface area contributed by atoms with E-state index in [1.54, 1.807) is 0 Å². The van der Waals surface area contributed by atoms with Gasteiger partial charge in [-0.15, -0.1) is 22.7 Å². The van der Waals surface area contributed by atoms with E-state index in [4.69, 9.17) is 0 Å². The Hall–Kier alpha value is -0.770. The van der Waals surface area contributed by atoms with Crippen molar-refractivity contribution in [2.75, 3.05) is 0 Å². The maximum Gasteiger partial charge on any atom is 0.0140 e. The van der Waals surface area contributed by atoms with Crippen molar-refractivity contribution in [2.45, 2.75) is 106 Å². The molecule has 0 spiro atoms. The first-order chi connectivity index (χ1) is 15.1. The molecular weight excluding hydrogens is 457 g/mol. The largest absolute Gasteiger partial charge is 0.148 e. The zero-order valence-corrected chi connectivity index (χ0v) is 25.6. The quantitative estimate of drug-likeness (QED) is 0.311. The molecule has 0 saturated carbocycles. The SMILES string of the molecule is C=C(S/C(=C\C)C(C)CC)C(C)(C)C(C)(C)c1ccc(C(C)(C)C(C)(C)c2sccc2C)s1. The Labute approximate surface area is 217 Å². The van der Waals surface area contributed by atoms with E-state index in [0.29, 0.717) is 5.92 Å². The third kappa shape index (κ3) is 5.11.